The molecule has 0 saturated carbocycles. The monoisotopic (exact) mass is 371 g/mol. The van der Waals surface area contributed by atoms with Gasteiger partial charge in [-0.15, -0.1) is 16.8 Å². The molecule has 1 N–H and O–H groups in total. The van der Waals surface area contributed by atoms with Gasteiger partial charge in [-0.05, 0) is 25.5 Å². The highest BCUT2D eigenvalue weighted by molar-refractivity contribution is 8.00. The molecule has 3 aromatic rings. The van der Waals surface area contributed by atoms with E-state index in [1.165, 1.54) is 11.8 Å². The van der Waals surface area contributed by atoms with Gasteiger partial charge < -0.3 is 5.32 Å². The van der Waals surface area contributed by atoms with Crippen molar-refractivity contribution in [2.45, 2.75) is 37.2 Å². The average molecular weight is 371 g/mol. The molecule has 136 valence electrons. The van der Waals surface area contributed by atoms with Gasteiger partial charge in [0.15, 0.2) is 5.16 Å². The number of nitrogens with zero attached hydrogens (tertiary/aromatic N) is 4. The Morgan fingerprint density at radius 3 is 2.88 bits per heavy atom. The molecule has 1 amide bonds. The van der Waals surface area contributed by atoms with E-state index in [0.29, 0.717) is 29.4 Å². The van der Waals surface area contributed by atoms with Crippen LogP contribution in [0.15, 0.2) is 46.9 Å². The molecule has 0 radical (unpaired) electrons. The van der Waals surface area contributed by atoms with Gasteiger partial charge in [0.1, 0.15) is 0 Å². The Morgan fingerprint density at radius 2 is 2.15 bits per heavy atom. The van der Waals surface area contributed by atoms with Crippen molar-refractivity contribution >= 4 is 34.3 Å². The van der Waals surface area contributed by atoms with Crippen molar-refractivity contribution < 1.29 is 4.79 Å². The Hall–Kier alpha value is -2.61. The van der Waals surface area contributed by atoms with E-state index in [1.54, 1.807) is 16.7 Å². The van der Waals surface area contributed by atoms with E-state index in [0.717, 1.165) is 11.9 Å². The number of aromatic nitrogens is 4. The Labute approximate surface area is 155 Å². The number of fused-ring (bicyclic) bond motifs is 3. The van der Waals surface area contributed by atoms with Crippen molar-refractivity contribution in [2.24, 2.45) is 0 Å². The van der Waals surface area contributed by atoms with Gasteiger partial charge in [-0.2, -0.15) is 0 Å². The van der Waals surface area contributed by atoms with E-state index < -0.39 is 0 Å². The summed E-state index contributed by atoms with van der Waals surface area (Å²) in [6, 6.07) is 7.39. The van der Waals surface area contributed by atoms with Crippen LogP contribution in [-0.4, -0.2) is 36.9 Å². The lowest BCUT2D eigenvalue weighted by molar-refractivity contribution is -0.120. The lowest BCUT2D eigenvalue weighted by atomic mass is 10.2. The number of para-hydroxylation sites is 1. The normalized spacial score (nSPS) is 12.4. The maximum atomic E-state index is 12.8. The molecule has 0 bridgehead atoms. The van der Waals surface area contributed by atoms with Crippen LogP contribution in [0, 0.1) is 0 Å². The largest absolute Gasteiger partial charge is 0.352 e. The van der Waals surface area contributed by atoms with Crippen molar-refractivity contribution in [3.05, 3.63) is 47.3 Å². The van der Waals surface area contributed by atoms with Crippen molar-refractivity contribution in [1.82, 2.24) is 24.5 Å². The summed E-state index contributed by atoms with van der Waals surface area (Å²) in [7, 11) is 0. The predicted molar refractivity (Wildman–Crippen MR) is 104 cm³/mol. The Balaban J connectivity index is 2.12. The second-order valence-corrected chi connectivity index (χ2v) is 7.19. The minimum Gasteiger partial charge on any atom is -0.352 e. The third-order valence-corrected chi connectivity index (χ3v) is 5.04. The summed E-state index contributed by atoms with van der Waals surface area (Å²) in [6.07, 6.45) is 2.45. The molecule has 0 aliphatic rings. The first-order chi connectivity index (χ1) is 12.6. The standard InChI is InChI=1S/C18H21N5O2S/c1-4-10-19-15(24)12(3)26-18-21-20-17-22(11-5-2)16(25)13-8-6-7-9-14(13)23(17)18/h4,6-9,12H,1,5,10-11H2,2-3H3,(H,19,24). The summed E-state index contributed by atoms with van der Waals surface area (Å²) in [5.41, 5.74) is 0.668. The fourth-order valence-corrected chi connectivity index (χ4v) is 3.64. The van der Waals surface area contributed by atoms with Gasteiger partial charge in [0.25, 0.3) is 5.56 Å². The SMILES string of the molecule is C=CCNC(=O)C(C)Sc1nnc2n(CCC)c(=O)c3ccccc3n12. The zero-order chi connectivity index (χ0) is 18.7. The molecule has 8 heteroatoms. The summed E-state index contributed by atoms with van der Waals surface area (Å²) in [5, 5.41) is 12.1. The molecule has 7 nitrogen and oxygen atoms in total. The Kier molecular flexibility index (Phi) is 5.41. The Morgan fingerprint density at radius 1 is 1.38 bits per heavy atom. The van der Waals surface area contributed by atoms with E-state index in [2.05, 4.69) is 22.1 Å². The summed E-state index contributed by atoms with van der Waals surface area (Å²) < 4.78 is 3.50. The van der Waals surface area contributed by atoms with Crippen molar-refractivity contribution in [3.8, 4) is 0 Å². The van der Waals surface area contributed by atoms with Gasteiger partial charge in [-0.3, -0.25) is 18.6 Å². The zero-order valence-electron chi connectivity index (χ0n) is 14.8. The lowest BCUT2D eigenvalue weighted by Gasteiger charge is -2.12. The molecule has 2 heterocycles. The quantitative estimate of drug-likeness (QED) is 0.509. The highest BCUT2D eigenvalue weighted by atomic mass is 32.2. The molecule has 0 aliphatic heterocycles. The van der Waals surface area contributed by atoms with Crippen molar-refractivity contribution in [3.63, 3.8) is 0 Å². The maximum Gasteiger partial charge on any atom is 0.262 e. The second kappa shape index (κ2) is 7.74. The molecule has 1 unspecified atom stereocenters. The molecule has 3 rings (SSSR count). The van der Waals surface area contributed by atoms with E-state index in [1.807, 2.05) is 36.4 Å². The molecule has 1 aromatic carbocycles. The molecular formula is C18H21N5O2S. The maximum absolute atomic E-state index is 12.8. The fraction of sp³-hybridized carbons (Fsp3) is 0.333. The number of aryl methyl sites for hydroxylation is 1. The lowest BCUT2D eigenvalue weighted by Crippen LogP contribution is -2.31. The summed E-state index contributed by atoms with van der Waals surface area (Å²) >= 11 is 1.31. The zero-order valence-corrected chi connectivity index (χ0v) is 15.6. The van der Waals surface area contributed by atoms with Gasteiger partial charge in [0.2, 0.25) is 11.7 Å². The van der Waals surface area contributed by atoms with E-state index in [9.17, 15) is 9.59 Å². The van der Waals surface area contributed by atoms with Crippen LogP contribution < -0.4 is 10.9 Å². The molecular weight excluding hydrogens is 350 g/mol. The number of hydrogen-bond donors (Lipinski definition) is 1. The van der Waals surface area contributed by atoms with Crippen molar-refractivity contribution in [2.75, 3.05) is 6.54 Å². The number of carbonyl (C=O) groups excluding carboxylic acids is 1. The van der Waals surface area contributed by atoms with Crippen LogP contribution in [0.1, 0.15) is 20.3 Å². The molecule has 1 atom stereocenters. The Bertz CT molecular complexity index is 1020. The molecule has 0 spiro atoms. The fourth-order valence-electron chi connectivity index (χ4n) is 2.76. The number of nitrogens with one attached hydrogen (secondary N) is 1. The first kappa shape index (κ1) is 18.2. The smallest absolute Gasteiger partial charge is 0.262 e. The van der Waals surface area contributed by atoms with E-state index in [-0.39, 0.29) is 16.7 Å². The van der Waals surface area contributed by atoms with Gasteiger partial charge in [0.05, 0.1) is 16.2 Å². The summed E-state index contributed by atoms with van der Waals surface area (Å²) in [6.45, 7) is 8.40. The number of rotatable bonds is 7. The number of hydrogen-bond acceptors (Lipinski definition) is 5. The van der Waals surface area contributed by atoms with Gasteiger partial charge in [0, 0.05) is 13.1 Å². The number of carbonyl (C=O) groups is 1. The minimum atomic E-state index is -0.354. The number of benzene rings is 1. The van der Waals surface area contributed by atoms with Gasteiger partial charge >= 0.3 is 0 Å². The van der Waals surface area contributed by atoms with Crippen LogP contribution in [0.2, 0.25) is 0 Å². The van der Waals surface area contributed by atoms with Crippen LogP contribution in [0.25, 0.3) is 16.7 Å². The molecule has 26 heavy (non-hydrogen) atoms. The highest BCUT2D eigenvalue weighted by Crippen LogP contribution is 2.25. The van der Waals surface area contributed by atoms with Gasteiger partial charge in [-0.1, -0.05) is 36.9 Å². The summed E-state index contributed by atoms with van der Waals surface area (Å²) in [4.78, 5) is 25.0. The topological polar surface area (TPSA) is 81.3 Å². The van der Waals surface area contributed by atoms with E-state index >= 15 is 0 Å². The van der Waals surface area contributed by atoms with Gasteiger partial charge in [-0.25, -0.2) is 0 Å². The average Bonchev–Trinajstić information content (AvgIpc) is 3.06. The van der Waals surface area contributed by atoms with Crippen LogP contribution >= 0.6 is 11.8 Å². The summed E-state index contributed by atoms with van der Waals surface area (Å²) in [5.74, 6) is 0.398. The minimum absolute atomic E-state index is 0.0734. The first-order valence-electron chi connectivity index (χ1n) is 8.50. The first-order valence-corrected chi connectivity index (χ1v) is 9.38. The number of thioether (sulfide) groups is 1. The third-order valence-electron chi connectivity index (χ3n) is 4.00. The third kappa shape index (κ3) is 3.24. The van der Waals surface area contributed by atoms with Crippen LogP contribution in [-0.2, 0) is 11.3 Å². The number of amides is 1. The van der Waals surface area contributed by atoms with Crippen LogP contribution in [0.4, 0.5) is 0 Å². The second-order valence-electron chi connectivity index (χ2n) is 5.89. The van der Waals surface area contributed by atoms with E-state index in [4.69, 9.17) is 0 Å². The van der Waals surface area contributed by atoms with Crippen molar-refractivity contribution in [1.29, 1.82) is 0 Å². The molecule has 2 aromatic heterocycles. The van der Waals surface area contributed by atoms with Crippen LogP contribution in [0.5, 0.6) is 0 Å². The van der Waals surface area contributed by atoms with Crippen LogP contribution in [0.3, 0.4) is 0 Å². The molecule has 0 saturated heterocycles. The molecule has 0 aliphatic carbocycles. The predicted octanol–water partition coefficient (Wildman–Crippen LogP) is 2.24. The highest BCUT2D eigenvalue weighted by Gasteiger charge is 2.21. The molecule has 0 fully saturated rings.